The van der Waals surface area contributed by atoms with Crippen molar-refractivity contribution < 1.29 is 9.30 Å². The molecule has 2 aromatic carbocycles. The van der Waals surface area contributed by atoms with Gasteiger partial charge in [-0.15, -0.1) is 0 Å². The first-order valence-electron chi connectivity index (χ1n) is 16.1. The molecule has 0 amide bonds. The summed E-state index contributed by atoms with van der Waals surface area (Å²) < 4.78 is 19.1. The molecule has 2 unspecified atom stereocenters. The van der Waals surface area contributed by atoms with Crippen LogP contribution in [0, 0.1) is 13.8 Å². The second kappa shape index (κ2) is 12.7. The van der Waals surface area contributed by atoms with E-state index in [1.54, 1.807) is 26.6 Å². The number of methoxy groups -OCH3 is 1. The summed E-state index contributed by atoms with van der Waals surface area (Å²) in [6.07, 6.45) is 6.20. The lowest BCUT2D eigenvalue weighted by atomic mass is 9.99. The second-order valence-electron chi connectivity index (χ2n) is 13.3. The van der Waals surface area contributed by atoms with Gasteiger partial charge in [-0.25, -0.2) is 4.98 Å². The number of likely N-dealkylation sites (tertiary alicyclic amines) is 2. The number of piperidine rings is 1. The Morgan fingerprint density at radius 2 is 1.80 bits per heavy atom. The third-order valence-electron chi connectivity index (χ3n) is 10.1. The van der Waals surface area contributed by atoms with E-state index in [1.165, 1.54) is 43.6 Å². The normalized spacial score (nSPS) is 21.0. The van der Waals surface area contributed by atoms with Gasteiger partial charge in [-0.1, -0.05) is 24.6 Å². The van der Waals surface area contributed by atoms with Crippen molar-refractivity contribution in [1.29, 1.82) is 0 Å². The number of halogens is 1. The highest BCUT2D eigenvalue weighted by Crippen LogP contribution is 2.42. The molecule has 9 nitrogen and oxygen atoms in total. The Labute approximate surface area is 273 Å². The topological polar surface area (TPSA) is 85.9 Å². The Bertz CT molecular complexity index is 1620. The van der Waals surface area contributed by atoms with Gasteiger partial charge in [0.1, 0.15) is 17.9 Å². The maximum Gasteiger partial charge on any atom is 0.229 e. The fourth-order valence-corrected chi connectivity index (χ4v) is 9.43. The van der Waals surface area contributed by atoms with Crippen molar-refractivity contribution in [3.63, 3.8) is 0 Å². The van der Waals surface area contributed by atoms with Gasteiger partial charge >= 0.3 is 0 Å². The van der Waals surface area contributed by atoms with Gasteiger partial charge < -0.3 is 29.7 Å². The summed E-state index contributed by atoms with van der Waals surface area (Å²) in [7, 11) is 1.40. The van der Waals surface area contributed by atoms with Crippen LogP contribution in [0.1, 0.15) is 42.9 Å². The molecule has 3 fully saturated rings. The number of hydrogen-bond donors (Lipinski definition) is 2. The molecule has 0 saturated carbocycles. The minimum Gasteiger partial charge on any atom is -0.494 e. The molecular weight excluding hydrogens is 605 g/mol. The molecular formula is C34H47ClN7O2P. The number of nitrogens with zero attached hydrogens (tertiary/aromatic N) is 5. The zero-order valence-electron chi connectivity index (χ0n) is 27.7. The molecule has 2 bridgehead atoms. The molecule has 0 aliphatic carbocycles. The molecule has 3 aliphatic rings. The predicted octanol–water partition coefficient (Wildman–Crippen LogP) is 6.41. The SMILES string of the molecule is CCc1cc(Nc2ncc(Cl)c(Nc3ccc(C)c(C)c3P(C)(C)=O)n2)c(OC)cc1N1CCC(N2CC3CC2CN3C)CC1. The number of nitrogens with one attached hydrogen (secondary N) is 2. The van der Waals surface area contributed by atoms with E-state index in [9.17, 15) is 4.57 Å². The van der Waals surface area contributed by atoms with Crippen LogP contribution in [-0.2, 0) is 11.0 Å². The molecule has 11 heteroatoms. The Hall–Kier alpha value is -2.84. The van der Waals surface area contributed by atoms with Crippen LogP contribution in [0.4, 0.5) is 28.8 Å². The molecule has 242 valence electrons. The van der Waals surface area contributed by atoms with Crippen LogP contribution < -0.4 is 25.6 Å². The van der Waals surface area contributed by atoms with Gasteiger partial charge in [0.05, 0.1) is 24.7 Å². The van der Waals surface area contributed by atoms with Crippen LogP contribution in [0.25, 0.3) is 0 Å². The van der Waals surface area contributed by atoms with E-state index in [2.05, 4.69) is 56.4 Å². The van der Waals surface area contributed by atoms with Crippen molar-refractivity contribution in [2.24, 2.45) is 0 Å². The van der Waals surface area contributed by atoms with E-state index in [-0.39, 0.29) is 0 Å². The molecule has 2 N–H and O–H groups in total. The molecule has 45 heavy (non-hydrogen) atoms. The van der Waals surface area contributed by atoms with E-state index in [0.717, 1.165) is 65.1 Å². The highest BCUT2D eigenvalue weighted by molar-refractivity contribution is 7.70. The van der Waals surface area contributed by atoms with E-state index < -0.39 is 7.14 Å². The number of rotatable bonds is 9. The van der Waals surface area contributed by atoms with Gasteiger partial charge in [0.25, 0.3) is 0 Å². The summed E-state index contributed by atoms with van der Waals surface area (Å²) in [5, 5.41) is 7.90. The van der Waals surface area contributed by atoms with Crippen LogP contribution in [0.5, 0.6) is 5.75 Å². The molecule has 0 radical (unpaired) electrons. The summed E-state index contributed by atoms with van der Waals surface area (Å²) in [6, 6.07) is 10.4. The average molecular weight is 652 g/mol. The fraction of sp³-hybridized carbons (Fsp3) is 0.529. The van der Waals surface area contributed by atoms with Gasteiger partial charge in [0, 0.05) is 61.4 Å². The van der Waals surface area contributed by atoms with Crippen LogP contribution in [0.3, 0.4) is 0 Å². The summed E-state index contributed by atoms with van der Waals surface area (Å²) in [6.45, 7) is 14.3. The smallest absolute Gasteiger partial charge is 0.229 e. The van der Waals surface area contributed by atoms with Crippen LogP contribution in [0.2, 0.25) is 5.02 Å². The molecule has 3 aromatic rings. The Morgan fingerprint density at radius 1 is 1.04 bits per heavy atom. The quantitative estimate of drug-likeness (QED) is 0.255. The van der Waals surface area contributed by atoms with Crippen LogP contribution in [0.15, 0.2) is 30.5 Å². The first kappa shape index (κ1) is 32.1. The first-order valence-corrected chi connectivity index (χ1v) is 19.1. The van der Waals surface area contributed by atoms with Gasteiger partial charge in [0.2, 0.25) is 5.95 Å². The summed E-state index contributed by atoms with van der Waals surface area (Å²) in [4.78, 5) is 17.1. The molecule has 1 aromatic heterocycles. The lowest BCUT2D eigenvalue weighted by molar-refractivity contribution is 0.0929. The number of aryl methyl sites for hydroxylation is 2. The Kier molecular flexibility index (Phi) is 9.10. The molecule has 3 aliphatic heterocycles. The fourth-order valence-electron chi connectivity index (χ4n) is 7.60. The second-order valence-corrected chi connectivity index (χ2v) is 16.9. The first-order chi connectivity index (χ1) is 21.5. The number of aromatic nitrogens is 2. The van der Waals surface area contributed by atoms with Crippen molar-refractivity contribution in [1.82, 2.24) is 19.8 Å². The zero-order chi connectivity index (χ0) is 32.0. The minimum atomic E-state index is -2.58. The summed E-state index contributed by atoms with van der Waals surface area (Å²) in [5.41, 5.74) is 6.14. The van der Waals surface area contributed by atoms with Gasteiger partial charge in [-0.2, -0.15) is 4.98 Å². The Balaban J connectivity index is 1.20. The highest BCUT2D eigenvalue weighted by atomic mass is 35.5. The summed E-state index contributed by atoms with van der Waals surface area (Å²) >= 11 is 6.56. The molecule has 3 saturated heterocycles. The number of hydrogen-bond acceptors (Lipinski definition) is 9. The highest BCUT2D eigenvalue weighted by Gasteiger charge is 2.44. The number of piperazine rings is 1. The lowest BCUT2D eigenvalue weighted by Crippen LogP contribution is -2.52. The maximum absolute atomic E-state index is 13.2. The summed E-state index contributed by atoms with van der Waals surface area (Å²) in [5.74, 6) is 1.58. The number of benzene rings is 2. The third-order valence-corrected chi connectivity index (χ3v) is 12.0. The van der Waals surface area contributed by atoms with Crippen molar-refractivity contribution in [2.75, 3.05) is 69.2 Å². The monoisotopic (exact) mass is 651 g/mol. The van der Waals surface area contributed by atoms with Crippen molar-refractivity contribution in [2.45, 2.75) is 64.6 Å². The van der Waals surface area contributed by atoms with E-state index >= 15 is 0 Å². The van der Waals surface area contributed by atoms with Crippen molar-refractivity contribution in [3.8, 4) is 5.75 Å². The van der Waals surface area contributed by atoms with Gasteiger partial charge in [-0.3, -0.25) is 4.90 Å². The standard InChI is InChI=1S/C34H47ClN7O2P/c1-8-23-15-29(31(44-5)17-30(23)41-13-11-24(12-14-41)42-20-25-16-26(42)19-40(25)4)38-34-36-18-27(35)33(39-34)37-28-10-9-21(2)22(3)32(28)45(6,7)43/h9-10,15,17-18,24-26H,8,11-14,16,19-20H2,1-7H3,(H2,36,37,38,39). The van der Waals surface area contributed by atoms with E-state index in [4.69, 9.17) is 21.3 Å². The van der Waals surface area contributed by atoms with E-state index in [0.29, 0.717) is 22.8 Å². The molecule has 6 rings (SSSR count). The number of ether oxygens (including phenoxy) is 1. The number of fused-ring (bicyclic) bond motifs is 2. The molecule has 2 atom stereocenters. The van der Waals surface area contributed by atoms with E-state index in [1.807, 2.05) is 26.0 Å². The molecule has 0 spiro atoms. The lowest BCUT2D eigenvalue weighted by Gasteiger charge is -2.43. The van der Waals surface area contributed by atoms with Crippen molar-refractivity contribution >= 4 is 52.9 Å². The molecule has 4 heterocycles. The maximum atomic E-state index is 13.2. The Morgan fingerprint density at radius 3 is 2.42 bits per heavy atom. The third kappa shape index (κ3) is 6.42. The zero-order valence-corrected chi connectivity index (χ0v) is 29.3. The largest absolute Gasteiger partial charge is 0.494 e. The minimum absolute atomic E-state index is 0.375. The number of likely N-dealkylation sites (N-methyl/N-ethyl adjacent to an activating group) is 1. The van der Waals surface area contributed by atoms with Crippen LogP contribution in [-0.4, -0.2) is 91.6 Å². The average Bonchev–Trinajstić information content (AvgIpc) is 3.60. The van der Waals surface area contributed by atoms with Crippen molar-refractivity contribution in [3.05, 3.63) is 52.2 Å². The number of anilines is 5. The van der Waals surface area contributed by atoms with Gasteiger partial charge in [-0.05, 0) is 88.7 Å². The predicted molar refractivity (Wildman–Crippen MR) is 188 cm³/mol. The van der Waals surface area contributed by atoms with Gasteiger partial charge in [0.15, 0.2) is 5.82 Å². The van der Waals surface area contributed by atoms with Crippen LogP contribution >= 0.6 is 18.7 Å².